The maximum Gasteiger partial charge on any atom is 0.249 e. The second-order valence-electron chi connectivity index (χ2n) is 4.31. The maximum atomic E-state index is 11.7. The molecule has 2 rings (SSSR count). The van der Waals surface area contributed by atoms with Crippen molar-refractivity contribution in [1.29, 1.82) is 0 Å². The van der Waals surface area contributed by atoms with Crippen LogP contribution in [0, 0.1) is 0 Å². The number of carbonyl (C=O) groups is 2. The summed E-state index contributed by atoms with van der Waals surface area (Å²) >= 11 is 1.41. The van der Waals surface area contributed by atoms with Crippen LogP contribution in [0.5, 0.6) is 0 Å². The molecule has 1 fully saturated rings. The fourth-order valence-electron chi connectivity index (χ4n) is 1.89. The lowest BCUT2D eigenvalue weighted by atomic mass is 10.1. The van der Waals surface area contributed by atoms with Gasteiger partial charge in [-0.3, -0.25) is 14.9 Å². The van der Waals surface area contributed by atoms with Gasteiger partial charge < -0.3 is 10.6 Å². The summed E-state index contributed by atoms with van der Waals surface area (Å²) in [6.45, 7) is 3.92. The highest BCUT2D eigenvalue weighted by molar-refractivity contribution is 7.13. The Balaban J connectivity index is 2.27. The van der Waals surface area contributed by atoms with Crippen LogP contribution in [0.25, 0.3) is 0 Å². The van der Waals surface area contributed by atoms with Gasteiger partial charge in [-0.05, 0) is 13.3 Å². The summed E-state index contributed by atoms with van der Waals surface area (Å²) in [6.07, 6.45) is 0.631. The highest BCUT2D eigenvalue weighted by Gasteiger charge is 2.34. The van der Waals surface area contributed by atoms with Crippen molar-refractivity contribution in [2.45, 2.75) is 32.4 Å². The second-order valence-corrected chi connectivity index (χ2v) is 5.14. The van der Waals surface area contributed by atoms with Crippen LogP contribution in [-0.4, -0.2) is 29.4 Å². The molecular weight excluding hydrogens is 252 g/mol. The van der Waals surface area contributed by atoms with E-state index in [1.807, 2.05) is 19.2 Å². The Morgan fingerprint density at radius 1 is 1.67 bits per heavy atom. The molecule has 1 aromatic heterocycles. The van der Waals surface area contributed by atoms with Gasteiger partial charge in [-0.25, -0.2) is 4.98 Å². The normalized spacial score (nSPS) is 21.9. The molecule has 98 valence electrons. The molecule has 1 aliphatic heterocycles. The second kappa shape index (κ2) is 5.03. The molecule has 2 unspecified atom stereocenters. The molecule has 0 saturated carbocycles. The lowest BCUT2D eigenvalue weighted by molar-refractivity contribution is -0.132. The number of piperazine rings is 1. The van der Waals surface area contributed by atoms with Gasteiger partial charge in [0.05, 0.1) is 5.69 Å². The van der Waals surface area contributed by atoms with Crippen LogP contribution < -0.4 is 16.0 Å². The number of nitrogens with one attached hydrogen (secondary N) is 1. The predicted molar refractivity (Wildman–Crippen MR) is 69.3 cm³/mol. The van der Waals surface area contributed by atoms with Gasteiger partial charge in [0.25, 0.3) is 0 Å². The zero-order valence-corrected chi connectivity index (χ0v) is 11.2. The number of carbonyl (C=O) groups excluding carboxylic acids is 2. The van der Waals surface area contributed by atoms with Gasteiger partial charge in [0.1, 0.15) is 12.6 Å². The molecule has 0 aliphatic carbocycles. The molecule has 2 heterocycles. The first kappa shape index (κ1) is 13.0. The fourth-order valence-corrected chi connectivity index (χ4v) is 2.87. The van der Waals surface area contributed by atoms with E-state index in [1.54, 1.807) is 4.90 Å². The number of nitrogens with two attached hydrogens (primary N) is 1. The SMILES string of the molecule is CCC1C(=O)NC(=O)CN1c1nc(C(C)N)cs1. The van der Waals surface area contributed by atoms with E-state index in [0.717, 1.165) is 5.69 Å². The van der Waals surface area contributed by atoms with Crippen molar-refractivity contribution in [3.8, 4) is 0 Å². The quantitative estimate of drug-likeness (QED) is 0.775. The third kappa shape index (κ3) is 2.37. The van der Waals surface area contributed by atoms with Gasteiger partial charge >= 0.3 is 0 Å². The highest BCUT2D eigenvalue weighted by atomic mass is 32.1. The average molecular weight is 268 g/mol. The molecule has 0 aromatic carbocycles. The van der Waals surface area contributed by atoms with Crippen molar-refractivity contribution in [2.75, 3.05) is 11.4 Å². The summed E-state index contributed by atoms with van der Waals surface area (Å²) in [7, 11) is 0. The molecule has 2 atom stereocenters. The molecule has 0 spiro atoms. The first-order valence-electron chi connectivity index (χ1n) is 5.84. The van der Waals surface area contributed by atoms with Crippen LogP contribution in [0.4, 0.5) is 5.13 Å². The lowest BCUT2D eigenvalue weighted by Gasteiger charge is -2.33. The number of rotatable bonds is 3. The van der Waals surface area contributed by atoms with Gasteiger partial charge in [-0.2, -0.15) is 0 Å². The van der Waals surface area contributed by atoms with Crippen molar-refractivity contribution >= 4 is 28.3 Å². The van der Waals surface area contributed by atoms with Crippen molar-refractivity contribution < 1.29 is 9.59 Å². The molecule has 18 heavy (non-hydrogen) atoms. The van der Waals surface area contributed by atoms with E-state index in [-0.39, 0.29) is 30.4 Å². The number of aromatic nitrogens is 1. The molecule has 1 aromatic rings. The Kier molecular flexibility index (Phi) is 3.63. The van der Waals surface area contributed by atoms with Gasteiger partial charge in [-0.15, -0.1) is 11.3 Å². The van der Waals surface area contributed by atoms with Gasteiger partial charge in [0.2, 0.25) is 11.8 Å². The number of anilines is 1. The minimum absolute atomic E-state index is 0.149. The summed E-state index contributed by atoms with van der Waals surface area (Å²) in [5.41, 5.74) is 6.54. The number of hydrogen-bond acceptors (Lipinski definition) is 6. The summed E-state index contributed by atoms with van der Waals surface area (Å²) in [5, 5.41) is 4.89. The zero-order valence-electron chi connectivity index (χ0n) is 10.3. The number of thiazole rings is 1. The molecule has 0 bridgehead atoms. The molecule has 1 aliphatic rings. The molecule has 3 N–H and O–H groups in total. The van der Waals surface area contributed by atoms with Gasteiger partial charge in [0.15, 0.2) is 5.13 Å². The van der Waals surface area contributed by atoms with Gasteiger partial charge in [-0.1, -0.05) is 6.92 Å². The number of imide groups is 1. The van der Waals surface area contributed by atoms with Crippen LogP contribution in [0.2, 0.25) is 0 Å². The first-order valence-corrected chi connectivity index (χ1v) is 6.72. The summed E-state index contributed by atoms with van der Waals surface area (Å²) in [4.78, 5) is 29.3. The Morgan fingerprint density at radius 2 is 2.39 bits per heavy atom. The van der Waals surface area contributed by atoms with Crippen LogP contribution in [0.1, 0.15) is 32.0 Å². The third-order valence-corrected chi connectivity index (χ3v) is 3.76. The maximum absolute atomic E-state index is 11.7. The van der Waals surface area contributed by atoms with E-state index < -0.39 is 0 Å². The number of nitrogens with zero attached hydrogens (tertiary/aromatic N) is 2. The van der Waals surface area contributed by atoms with E-state index in [2.05, 4.69) is 10.3 Å². The third-order valence-electron chi connectivity index (χ3n) is 2.86. The number of hydrogen-bond donors (Lipinski definition) is 2. The molecule has 0 radical (unpaired) electrons. The standard InChI is InChI=1S/C11H16N4O2S/c1-3-8-10(17)14-9(16)4-15(8)11-13-7(5-18-11)6(2)12/h5-6,8H,3-4,12H2,1-2H3,(H,14,16,17). The predicted octanol–water partition coefficient (Wildman–Crippen LogP) is 0.404. The molecule has 1 saturated heterocycles. The topological polar surface area (TPSA) is 88.3 Å². The Labute approximate surface area is 109 Å². The van der Waals surface area contributed by atoms with E-state index in [1.165, 1.54) is 11.3 Å². The lowest BCUT2D eigenvalue weighted by Crippen LogP contribution is -2.58. The van der Waals surface area contributed by atoms with E-state index in [4.69, 9.17) is 5.73 Å². The van der Waals surface area contributed by atoms with E-state index in [0.29, 0.717) is 11.6 Å². The van der Waals surface area contributed by atoms with Crippen LogP contribution in [-0.2, 0) is 9.59 Å². The molecular formula is C11H16N4O2S. The van der Waals surface area contributed by atoms with Crippen molar-refractivity contribution in [2.24, 2.45) is 5.73 Å². The minimum atomic E-state index is -0.338. The fraction of sp³-hybridized carbons (Fsp3) is 0.545. The van der Waals surface area contributed by atoms with E-state index in [9.17, 15) is 9.59 Å². The number of amides is 2. The zero-order chi connectivity index (χ0) is 13.3. The van der Waals surface area contributed by atoms with Crippen molar-refractivity contribution in [3.05, 3.63) is 11.1 Å². The Bertz CT molecular complexity index is 471. The largest absolute Gasteiger partial charge is 0.327 e. The van der Waals surface area contributed by atoms with Crippen LogP contribution in [0.15, 0.2) is 5.38 Å². The summed E-state index contributed by atoms with van der Waals surface area (Å²) in [5.74, 6) is -0.548. The van der Waals surface area contributed by atoms with Crippen LogP contribution in [0.3, 0.4) is 0 Å². The molecule has 7 heteroatoms. The summed E-state index contributed by atoms with van der Waals surface area (Å²) < 4.78 is 0. The van der Waals surface area contributed by atoms with Crippen molar-refractivity contribution in [3.63, 3.8) is 0 Å². The first-order chi connectivity index (χ1) is 8.52. The van der Waals surface area contributed by atoms with Crippen molar-refractivity contribution in [1.82, 2.24) is 10.3 Å². The Hall–Kier alpha value is -1.47. The monoisotopic (exact) mass is 268 g/mol. The molecule has 2 amide bonds. The summed E-state index contributed by atoms with van der Waals surface area (Å²) in [6, 6.07) is -0.487. The van der Waals surface area contributed by atoms with Gasteiger partial charge in [0, 0.05) is 11.4 Å². The smallest absolute Gasteiger partial charge is 0.249 e. The average Bonchev–Trinajstić information content (AvgIpc) is 2.77. The van der Waals surface area contributed by atoms with Crippen LogP contribution >= 0.6 is 11.3 Å². The minimum Gasteiger partial charge on any atom is -0.327 e. The highest BCUT2D eigenvalue weighted by Crippen LogP contribution is 2.26. The molecule has 6 nitrogen and oxygen atoms in total. The van der Waals surface area contributed by atoms with E-state index >= 15 is 0 Å². The Morgan fingerprint density at radius 3 is 2.94 bits per heavy atom.